The van der Waals surface area contributed by atoms with Gasteiger partial charge in [0.15, 0.2) is 0 Å². The van der Waals surface area contributed by atoms with Gasteiger partial charge < -0.3 is 10.5 Å². The number of hydrogen-bond donors (Lipinski definition) is 2. The van der Waals surface area contributed by atoms with E-state index in [9.17, 15) is 8.42 Å². The van der Waals surface area contributed by atoms with Crippen molar-refractivity contribution in [1.82, 2.24) is 4.72 Å². The van der Waals surface area contributed by atoms with E-state index in [0.29, 0.717) is 16.3 Å². The molecule has 0 aromatic heterocycles. The normalized spacial score (nSPS) is 11.3. The number of sulfonamides is 1. The third kappa shape index (κ3) is 3.47. The van der Waals surface area contributed by atoms with Crippen LogP contribution >= 0.6 is 11.6 Å². The molecule has 0 bridgehead atoms. The number of nitrogen functional groups attached to an aromatic ring is 1. The van der Waals surface area contributed by atoms with Crippen molar-refractivity contribution < 1.29 is 13.2 Å². The number of nitrogens with two attached hydrogens (primary N) is 1. The summed E-state index contributed by atoms with van der Waals surface area (Å²) >= 11 is 6.07. The summed E-state index contributed by atoms with van der Waals surface area (Å²) in [6.07, 6.45) is 0. The maximum absolute atomic E-state index is 12.3. The Kier molecular flexibility index (Phi) is 4.72. The molecule has 2 rings (SSSR count). The summed E-state index contributed by atoms with van der Waals surface area (Å²) in [5.41, 5.74) is 6.45. The minimum Gasteiger partial charge on any atom is -0.496 e. The summed E-state index contributed by atoms with van der Waals surface area (Å²) in [5.74, 6) is 0.520. The lowest BCUT2D eigenvalue weighted by Gasteiger charge is -2.12. The summed E-state index contributed by atoms with van der Waals surface area (Å²) in [7, 11) is -2.22. The van der Waals surface area contributed by atoms with E-state index in [2.05, 4.69) is 4.72 Å². The predicted octanol–water partition coefficient (Wildman–Crippen LogP) is 2.41. The van der Waals surface area contributed by atoms with Crippen LogP contribution in [-0.4, -0.2) is 15.5 Å². The van der Waals surface area contributed by atoms with Gasteiger partial charge in [-0.15, -0.1) is 0 Å². The number of hydrogen-bond acceptors (Lipinski definition) is 4. The van der Waals surface area contributed by atoms with Crippen LogP contribution in [0.3, 0.4) is 0 Å². The number of para-hydroxylation sites is 1. The summed E-state index contributed by atoms with van der Waals surface area (Å²) in [6.45, 7) is 0.0134. The molecule has 0 radical (unpaired) electrons. The number of anilines is 1. The molecule has 0 atom stereocenters. The second-order valence-electron chi connectivity index (χ2n) is 4.28. The van der Waals surface area contributed by atoms with Crippen molar-refractivity contribution in [3.8, 4) is 5.75 Å². The SMILES string of the molecule is COc1cccc(Cl)c1CNS(=O)(=O)c1ccccc1N. The number of benzene rings is 2. The first-order valence-corrected chi connectivity index (χ1v) is 7.97. The van der Waals surface area contributed by atoms with Gasteiger partial charge in [-0.25, -0.2) is 13.1 Å². The van der Waals surface area contributed by atoms with E-state index in [1.54, 1.807) is 30.3 Å². The van der Waals surface area contributed by atoms with Crippen molar-refractivity contribution in [3.05, 3.63) is 53.1 Å². The van der Waals surface area contributed by atoms with E-state index in [1.165, 1.54) is 19.2 Å². The molecule has 0 aliphatic carbocycles. The molecule has 2 aromatic rings. The molecule has 2 aromatic carbocycles. The van der Waals surface area contributed by atoms with Crippen molar-refractivity contribution in [1.29, 1.82) is 0 Å². The van der Waals surface area contributed by atoms with E-state index in [0.717, 1.165) is 0 Å². The van der Waals surface area contributed by atoms with E-state index < -0.39 is 10.0 Å². The number of halogens is 1. The molecule has 0 amide bonds. The third-order valence-corrected chi connectivity index (χ3v) is 4.77. The molecule has 21 heavy (non-hydrogen) atoms. The largest absolute Gasteiger partial charge is 0.496 e. The lowest BCUT2D eigenvalue weighted by Crippen LogP contribution is -2.24. The maximum Gasteiger partial charge on any atom is 0.242 e. The minimum absolute atomic E-state index is 0.0134. The Balaban J connectivity index is 2.26. The van der Waals surface area contributed by atoms with Gasteiger partial charge in [-0.2, -0.15) is 0 Å². The summed E-state index contributed by atoms with van der Waals surface area (Å²) in [6, 6.07) is 11.4. The number of nitrogens with one attached hydrogen (secondary N) is 1. The molecular formula is C14H15ClN2O3S. The first-order chi connectivity index (χ1) is 9.95. The first-order valence-electron chi connectivity index (χ1n) is 6.11. The zero-order chi connectivity index (χ0) is 15.5. The van der Waals surface area contributed by atoms with Crippen LogP contribution in [0.5, 0.6) is 5.75 Å². The molecule has 0 aliphatic rings. The molecule has 0 unspecified atom stereocenters. The van der Waals surface area contributed by atoms with Crippen molar-refractivity contribution in [2.75, 3.05) is 12.8 Å². The van der Waals surface area contributed by atoms with Crippen LogP contribution in [0.25, 0.3) is 0 Å². The van der Waals surface area contributed by atoms with Gasteiger partial charge in [-0.05, 0) is 24.3 Å². The second-order valence-corrected chi connectivity index (χ2v) is 6.43. The second kappa shape index (κ2) is 6.34. The molecule has 0 saturated heterocycles. The van der Waals surface area contributed by atoms with Crippen molar-refractivity contribution in [3.63, 3.8) is 0 Å². The van der Waals surface area contributed by atoms with Gasteiger partial charge >= 0.3 is 0 Å². The quantitative estimate of drug-likeness (QED) is 0.827. The van der Waals surface area contributed by atoms with Crippen molar-refractivity contribution in [2.45, 2.75) is 11.4 Å². The van der Waals surface area contributed by atoms with Gasteiger partial charge in [-0.3, -0.25) is 0 Å². The van der Waals surface area contributed by atoms with Gasteiger partial charge in [-0.1, -0.05) is 29.8 Å². The molecule has 0 heterocycles. The molecule has 7 heteroatoms. The van der Waals surface area contributed by atoms with Crippen LogP contribution in [0.15, 0.2) is 47.4 Å². The Morgan fingerprint density at radius 3 is 2.57 bits per heavy atom. The van der Waals surface area contributed by atoms with Crippen LogP contribution in [0.1, 0.15) is 5.56 Å². The highest BCUT2D eigenvalue weighted by molar-refractivity contribution is 7.89. The first kappa shape index (κ1) is 15.6. The predicted molar refractivity (Wildman–Crippen MR) is 82.9 cm³/mol. The highest BCUT2D eigenvalue weighted by atomic mass is 35.5. The molecule has 3 N–H and O–H groups in total. The van der Waals surface area contributed by atoms with Crippen molar-refractivity contribution in [2.24, 2.45) is 0 Å². The van der Waals surface area contributed by atoms with Crippen LogP contribution in [0.2, 0.25) is 5.02 Å². The fourth-order valence-corrected chi connectivity index (χ4v) is 3.23. The summed E-state index contributed by atoms with van der Waals surface area (Å²) in [5, 5.41) is 0.429. The molecule has 5 nitrogen and oxygen atoms in total. The smallest absolute Gasteiger partial charge is 0.242 e. The Labute approximate surface area is 128 Å². The fourth-order valence-electron chi connectivity index (χ4n) is 1.87. The van der Waals surface area contributed by atoms with Crippen molar-refractivity contribution >= 4 is 27.3 Å². The molecule has 0 fully saturated rings. The Bertz CT molecular complexity index is 748. The fraction of sp³-hybridized carbons (Fsp3) is 0.143. The molecule has 112 valence electrons. The molecule has 0 spiro atoms. The number of rotatable bonds is 5. The van der Waals surface area contributed by atoms with Crippen LogP contribution in [0, 0.1) is 0 Å². The minimum atomic E-state index is -3.72. The van der Waals surface area contributed by atoms with Crippen LogP contribution in [-0.2, 0) is 16.6 Å². The van der Waals surface area contributed by atoms with Gasteiger partial charge in [0.05, 0.1) is 12.8 Å². The van der Waals surface area contributed by atoms with E-state index in [-0.39, 0.29) is 17.1 Å². The standard InChI is InChI=1S/C14H15ClN2O3S/c1-20-13-7-4-5-11(15)10(13)9-17-21(18,19)14-8-3-2-6-12(14)16/h2-8,17H,9,16H2,1H3. The van der Waals surface area contributed by atoms with Gasteiger partial charge in [0.2, 0.25) is 10.0 Å². The van der Waals surface area contributed by atoms with Crippen LogP contribution < -0.4 is 15.2 Å². The zero-order valence-electron chi connectivity index (χ0n) is 11.3. The third-order valence-electron chi connectivity index (χ3n) is 2.94. The molecule has 0 saturated carbocycles. The lowest BCUT2D eigenvalue weighted by molar-refractivity contribution is 0.409. The van der Waals surface area contributed by atoms with E-state index in [4.69, 9.17) is 22.1 Å². The Morgan fingerprint density at radius 1 is 1.19 bits per heavy atom. The Morgan fingerprint density at radius 2 is 1.90 bits per heavy atom. The molecular weight excluding hydrogens is 312 g/mol. The highest BCUT2D eigenvalue weighted by Gasteiger charge is 2.18. The number of methoxy groups -OCH3 is 1. The van der Waals surface area contributed by atoms with Gasteiger partial charge in [0.1, 0.15) is 10.6 Å². The topological polar surface area (TPSA) is 81.4 Å². The average molecular weight is 327 g/mol. The summed E-state index contributed by atoms with van der Waals surface area (Å²) < 4.78 is 32.2. The lowest BCUT2D eigenvalue weighted by atomic mass is 10.2. The van der Waals surface area contributed by atoms with E-state index in [1.807, 2.05) is 0 Å². The van der Waals surface area contributed by atoms with E-state index >= 15 is 0 Å². The Hall–Kier alpha value is -1.76. The monoisotopic (exact) mass is 326 g/mol. The zero-order valence-corrected chi connectivity index (χ0v) is 12.9. The van der Waals surface area contributed by atoms with Gasteiger partial charge in [0.25, 0.3) is 0 Å². The maximum atomic E-state index is 12.3. The average Bonchev–Trinajstić information content (AvgIpc) is 2.46. The number of ether oxygens (including phenoxy) is 1. The molecule has 0 aliphatic heterocycles. The highest BCUT2D eigenvalue weighted by Crippen LogP contribution is 2.26. The van der Waals surface area contributed by atoms with Gasteiger partial charge in [0, 0.05) is 17.1 Å². The van der Waals surface area contributed by atoms with Crippen LogP contribution in [0.4, 0.5) is 5.69 Å². The summed E-state index contributed by atoms with van der Waals surface area (Å²) in [4.78, 5) is 0.0380.